The lowest BCUT2D eigenvalue weighted by molar-refractivity contribution is -0.118. The minimum Gasteiger partial charge on any atom is -0.378 e. The monoisotopic (exact) mass is 277 g/mol. The summed E-state index contributed by atoms with van der Waals surface area (Å²) in [6, 6.07) is 0. The third-order valence-electron chi connectivity index (χ3n) is 3.09. The summed E-state index contributed by atoms with van der Waals surface area (Å²) in [5.74, 6) is -0.775. The first-order chi connectivity index (χ1) is 8.53. The zero-order chi connectivity index (χ0) is 13.4. The van der Waals surface area contributed by atoms with E-state index in [0.717, 1.165) is 38.7 Å². The Morgan fingerprint density at radius 3 is 2.78 bits per heavy atom. The zero-order valence-electron chi connectivity index (χ0n) is 11.0. The van der Waals surface area contributed by atoms with Crippen LogP contribution in [0.2, 0.25) is 0 Å². The zero-order valence-corrected chi connectivity index (χ0v) is 11.8. The Morgan fingerprint density at radius 2 is 2.17 bits per heavy atom. The van der Waals surface area contributed by atoms with Gasteiger partial charge in [0, 0.05) is 18.9 Å². The number of amides is 1. The van der Waals surface area contributed by atoms with E-state index in [9.17, 15) is 13.2 Å². The van der Waals surface area contributed by atoms with E-state index in [1.165, 1.54) is 0 Å². The van der Waals surface area contributed by atoms with E-state index < -0.39 is 21.5 Å². The molecule has 1 fully saturated rings. The molecule has 18 heavy (non-hydrogen) atoms. The fraction of sp³-hybridized carbons (Fsp3) is 0.917. The molecule has 6 heteroatoms. The molecule has 1 aliphatic heterocycles. The molecule has 1 unspecified atom stereocenters. The Bertz CT molecular complexity index is 347. The number of carbonyl (C=O) groups is 1. The van der Waals surface area contributed by atoms with Gasteiger partial charge in [0.2, 0.25) is 5.91 Å². The maximum Gasteiger partial charge on any atom is 0.235 e. The van der Waals surface area contributed by atoms with Crippen molar-refractivity contribution in [2.75, 3.05) is 24.7 Å². The molecule has 1 aliphatic rings. The van der Waals surface area contributed by atoms with Crippen molar-refractivity contribution >= 4 is 15.7 Å². The van der Waals surface area contributed by atoms with Gasteiger partial charge in [0.05, 0.1) is 6.10 Å². The van der Waals surface area contributed by atoms with Crippen molar-refractivity contribution < 1.29 is 17.9 Å². The first-order valence-corrected chi connectivity index (χ1v) is 8.44. The van der Waals surface area contributed by atoms with Crippen LogP contribution in [0.5, 0.6) is 0 Å². The van der Waals surface area contributed by atoms with E-state index in [-0.39, 0.29) is 5.75 Å². The second-order valence-electron chi connectivity index (χ2n) is 4.66. The largest absolute Gasteiger partial charge is 0.378 e. The SMILES string of the molecule is CCS(=O)(=O)CC(=O)NCCCCC1CCCO1. The van der Waals surface area contributed by atoms with Gasteiger partial charge in [-0.1, -0.05) is 6.92 Å². The van der Waals surface area contributed by atoms with Gasteiger partial charge in [-0.25, -0.2) is 8.42 Å². The van der Waals surface area contributed by atoms with Crippen LogP contribution >= 0.6 is 0 Å². The van der Waals surface area contributed by atoms with Crippen LogP contribution in [0.1, 0.15) is 39.0 Å². The van der Waals surface area contributed by atoms with Gasteiger partial charge < -0.3 is 10.1 Å². The molecule has 106 valence electrons. The highest BCUT2D eigenvalue weighted by molar-refractivity contribution is 7.92. The first-order valence-electron chi connectivity index (χ1n) is 6.62. The fourth-order valence-electron chi connectivity index (χ4n) is 1.95. The molecule has 0 aromatic rings. The highest BCUT2D eigenvalue weighted by Gasteiger charge is 2.15. The highest BCUT2D eigenvalue weighted by Crippen LogP contribution is 2.17. The maximum absolute atomic E-state index is 11.3. The van der Waals surface area contributed by atoms with Gasteiger partial charge in [-0.05, 0) is 32.1 Å². The number of hydrogen-bond donors (Lipinski definition) is 1. The molecular weight excluding hydrogens is 254 g/mol. The third kappa shape index (κ3) is 6.35. The van der Waals surface area contributed by atoms with Gasteiger partial charge in [0.25, 0.3) is 0 Å². The van der Waals surface area contributed by atoms with Crippen molar-refractivity contribution in [2.24, 2.45) is 0 Å². The number of sulfone groups is 1. The van der Waals surface area contributed by atoms with Crippen molar-refractivity contribution in [1.29, 1.82) is 0 Å². The van der Waals surface area contributed by atoms with Crippen molar-refractivity contribution in [2.45, 2.75) is 45.1 Å². The van der Waals surface area contributed by atoms with E-state index in [0.29, 0.717) is 12.6 Å². The van der Waals surface area contributed by atoms with Gasteiger partial charge in [0.15, 0.2) is 9.84 Å². The average Bonchev–Trinajstić information content (AvgIpc) is 2.81. The topological polar surface area (TPSA) is 72.5 Å². The second-order valence-corrected chi connectivity index (χ2v) is 7.01. The van der Waals surface area contributed by atoms with Gasteiger partial charge in [-0.15, -0.1) is 0 Å². The number of ether oxygens (including phenoxy) is 1. The van der Waals surface area contributed by atoms with Crippen LogP contribution in [-0.2, 0) is 19.4 Å². The Balaban J connectivity index is 2.01. The lowest BCUT2D eigenvalue weighted by Crippen LogP contribution is -2.31. The fourth-order valence-corrected chi connectivity index (χ4v) is 2.66. The summed E-state index contributed by atoms with van der Waals surface area (Å²) in [5.41, 5.74) is 0. The van der Waals surface area contributed by atoms with E-state index in [1.807, 2.05) is 0 Å². The molecule has 0 aromatic heterocycles. The average molecular weight is 277 g/mol. The molecule has 1 atom stereocenters. The van der Waals surface area contributed by atoms with Crippen LogP contribution in [0, 0.1) is 0 Å². The second kappa shape index (κ2) is 7.74. The highest BCUT2D eigenvalue weighted by atomic mass is 32.2. The number of rotatable bonds is 8. The van der Waals surface area contributed by atoms with Crippen molar-refractivity contribution in [3.05, 3.63) is 0 Å². The van der Waals surface area contributed by atoms with E-state index in [4.69, 9.17) is 4.74 Å². The summed E-state index contributed by atoms with van der Waals surface area (Å²) in [5, 5.41) is 2.64. The molecule has 1 N–H and O–H groups in total. The normalized spacial score (nSPS) is 19.9. The van der Waals surface area contributed by atoms with Gasteiger partial charge >= 0.3 is 0 Å². The number of hydrogen-bond acceptors (Lipinski definition) is 4. The van der Waals surface area contributed by atoms with Crippen LogP contribution < -0.4 is 5.32 Å². The van der Waals surface area contributed by atoms with Crippen molar-refractivity contribution in [3.8, 4) is 0 Å². The summed E-state index contributed by atoms with van der Waals surface area (Å²) in [6.07, 6.45) is 5.59. The van der Waals surface area contributed by atoms with Crippen LogP contribution in [0.3, 0.4) is 0 Å². The van der Waals surface area contributed by atoms with Gasteiger partial charge in [-0.2, -0.15) is 0 Å². The minimum atomic E-state index is -3.21. The van der Waals surface area contributed by atoms with E-state index in [2.05, 4.69) is 5.32 Å². The predicted molar refractivity (Wildman–Crippen MR) is 70.2 cm³/mol. The van der Waals surface area contributed by atoms with Gasteiger partial charge in [-0.3, -0.25) is 4.79 Å². The molecule has 0 saturated carbocycles. The van der Waals surface area contributed by atoms with Crippen LogP contribution in [0.25, 0.3) is 0 Å². The number of unbranched alkanes of at least 4 members (excludes halogenated alkanes) is 1. The maximum atomic E-state index is 11.3. The first kappa shape index (κ1) is 15.4. The summed E-state index contributed by atoms with van der Waals surface area (Å²) in [6.45, 7) is 2.96. The smallest absolute Gasteiger partial charge is 0.235 e. The molecule has 0 aliphatic carbocycles. The molecule has 1 saturated heterocycles. The molecule has 1 heterocycles. The summed E-state index contributed by atoms with van der Waals surface area (Å²) in [4.78, 5) is 11.3. The minimum absolute atomic E-state index is 0.0133. The summed E-state index contributed by atoms with van der Waals surface area (Å²) < 4.78 is 27.9. The molecule has 0 radical (unpaired) electrons. The molecule has 1 amide bonds. The Morgan fingerprint density at radius 1 is 1.39 bits per heavy atom. The van der Waals surface area contributed by atoms with Crippen molar-refractivity contribution in [3.63, 3.8) is 0 Å². The molecule has 1 rings (SSSR count). The summed E-state index contributed by atoms with van der Waals surface area (Å²) >= 11 is 0. The van der Waals surface area contributed by atoms with E-state index in [1.54, 1.807) is 6.92 Å². The summed E-state index contributed by atoms with van der Waals surface area (Å²) in [7, 11) is -3.21. The Labute approximate surface area is 109 Å². The van der Waals surface area contributed by atoms with Crippen LogP contribution in [0.15, 0.2) is 0 Å². The Hall–Kier alpha value is -0.620. The van der Waals surface area contributed by atoms with Gasteiger partial charge in [0.1, 0.15) is 5.75 Å². The van der Waals surface area contributed by atoms with Crippen molar-refractivity contribution in [1.82, 2.24) is 5.32 Å². The van der Waals surface area contributed by atoms with Crippen LogP contribution in [0.4, 0.5) is 0 Å². The lowest BCUT2D eigenvalue weighted by Gasteiger charge is -2.09. The molecule has 0 spiro atoms. The third-order valence-corrected chi connectivity index (χ3v) is 4.67. The number of carbonyl (C=O) groups excluding carboxylic acids is 1. The molecule has 5 nitrogen and oxygen atoms in total. The lowest BCUT2D eigenvalue weighted by atomic mass is 10.1. The predicted octanol–water partition coefficient (Wildman–Crippen LogP) is 0.887. The number of nitrogens with one attached hydrogen (secondary N) is 1. The van der Waals surface area contributed by atoms with Crippen LogP contribution in [-0.4, -0.2) is 45.1 Å². The Kier molecular flexibility index (Phi) is 6.63. The molecular formula is C12H23NO4S. The molecule has 0 aromatic carbocycles. The van der Waals surface area contributed by atoms with E-state index >= 15 is 0 Å². The quantitative estimate of drug-likeness (QED) is 0.669. The molecule has 0 bridgehead atoms. The standard InChI is InChI=1S/C12H23NO4S/c1-2-18(15,16)10-12(14)13-8-4-3-6-11-7-5-9-17-11/h11H,2-10H2,1H3,(H,13,14).